The quantitative estimate of drug-likeness (QED) is 0.126. The molecule has 8 nitrogen and oxygen atoms in total. The Kier molecular flexibility index (Phi) is 10.6. The second-order valence-corrected chi connectivity index (χ2v) is 9.29. The average Bonchev–Trinajstić information content (AvgIpc) is 3.50. The van der Waals surface area contributed by atoms with Gasteiger partial charge < -0.3 is 15.1 Å². The third-order valence-electron chi connectivity index (χ3n) is 6.39. The highest BCUT2D eigenvalue weighted by Gasteiger charge is 2.22. The molecule has 0 aliphatic heterocycles. The molecule has 40 heavy (non-hydrogen) atoms. The van der Waals surface area contributed by atoms with Gasteiger partial charge in [-0.1, -0.05) is 91.0 Å². The highest BCUT2D eigenvalue weighted by Crippen LogP contribution is 2.21. The van der Waals surface area contributed by atoms with Crippen molar-refractivity contribution in [3.63, 3.8) is 0 Å². The predicted octanol–water partition coefficient (Wildman–Crippen LogP) is 4.98. The van der Waals surface area contributed by atoms with Crippen LogP contribution in [-0.4, -0.2) is 36.5 Å². The summed E-state index contributed by atoms with van der Waals surface area (Å²) in [6.45, 7) is 0.214. The van der Waals surface area contributed by atoms with Crippen molar-refractivity contribution < 1.29 is 23.6 Å². The van der Waals surface area contributed by atoms with E-state index in [1.165, 1.54) is 5.56 Å². The Morgan fingerprint density at radius 2 is 1.48 bits per heavy atom. The molecule has 4 aromatic rings. The zero-order chi connectivity index (χ0) is 28.0. The van der Waals surface area contributed by atoms with Crippen molar-refractivity contribution in [2.75, 3.05) is 13.2 Å². The van der Waals surface area contributed by atoms with E-state index in [1.54, 1.807) is 12.1 Å². The van der Waals surface area contributed by atoms with E-state index < -0.39 is 11.8 Å². The topological polar surface area (TPSA) is 101 Å². The number of hydrogen-bond acceptors (Lipinski definition) is 5. The lowest BCUT2D eigenvalue weighted by molar-refractivity contribution is -0.182. The minimum atomic E-state index is -0.533. The van der Waals surface area contributed by atoms with Crippen LogP contribution in [-0.2, 0) is 27.5 Å². The molecule has 0 aliphatic carbocycles. The van der Waals surface area contributed by atoms with Gasteiger partial charge in [0.1, 0.15) is 12.4 Å². The zero-order valence-corrected chi connectivity index (χ0v) is 22.2. The van der Waals surface area contributed by atoms with E-state index in [1.807, 2.05) is 91.0 Å². The van der Waals surface area contributed by atoms with Gasteiger partial charge in [0.15, 0.2) is 5.76 Å². The van der Waals surface area contributed by atoms with E-state index in [0.717, 1.165) is 29.0 Å². The molecule has 4 rings (SSSR count). The molecule has 1 aromatic heterocycles. The van der Waals surface area contributed by atoms with E-state index >= 15 is 0 Å². The van der Waals surface area contributed by atoms with Crippen molar-refractivity contribution in [2.24, 2.45) is 5.92 Å². The Hall–Kier alpha value is -4.69. The molecule has 206 valence electrons. The largest absolute Gasteiger partial charge is 0.451 e. The molecule has 0 spiro atoms. The number of hydroxylamine groups is 2. The molecule has 0 bridgehead atoms. The van der Waals surface area contributed by atoms with Gasteiger partial charge in [-0.25, -0.2) is 5.06 Å². The highest BCUT2D eigenvalue weighted by atomic mass is 16.7. The summed E-state index contributed by atoms with van der Waals surface area (Å²) in [5.74, 6) is -0.529. The lowest BCUT2D eigenvalue weighted by atomic mass is 9.98. The predicted molar refractivity (Wildman–Crippen MR) is 151 cm³/mol. The van der Waals surface area contributed by atoms with Gasteiger partial charge in [0, 0.05) is 5.56 Å². The number of carbonyl (C=O) groups is 3. The van der Waals surface area contributed by atoms with Crippen LogP contribution in [0.5, 0.6) is 0 Å². The van der Waals surface area contributed by atoms with Crippen LogP contribution in [0.15, 0.2) is 108 Å². The Morgan fingerprint density at radius 3 is 2.15 bits per heavy atom. The summed E-state index contributed by atoms with van der Waals surface area (Å²) in [6.07, 6.45) is 2.67. The summed E-state index contributed by atoms with van der Waals surface area (Å²) in [6, 6.07) is 32.3. The zero-order valence-electron chi connectivity index (χ0n) is 22.2. The van der Waals surface area contributed by atoms with Gasteiger partial charge in [-0.15, -0.1) is 0 Å². The molecular weight excluding hydrogens is 506 g/mol. The van der Waals surface area contributed by atoms with Crippen molar-refractivity contribution in [1.29, 1.82) is 0 Å². The maximum atomic E-state index is 13.1. The molecule has 3 amide bonds. The SMILES string of the molecule is O=CN(CC(CCCc1ccccc1)C(=O)NCNC(=O)c1ccc(-c2ccccc2)o1)OCc1ccccc1. The van der Waals surface area contributed by atoms with Crippen LogP contribution in [0.2, 0.25) is 0 Å². The molecule has 0 aliphatic rings. The second-order valence-electron chi connectivity index (χ2n) is 9.29. The average molecular weight is 540 g/mol. The maximum absolute atomic E-state index is 13.1. The number of furan rings is 1. The molecule has 3 aromatic carbocycles. The van der Waals surface area contributed by atoms with Crippen LogP contribution in [0, 0.1) is 5.92 Å². The first kappa shape index (κ1) is 28.3. The van der Waals surface area contributed by atoms with Gasteiger partial charge in [-0.2, -0.15) is 0 Å². The smallest absolute Gasteiger partial charge is 0.288 e. The number of rotatable bonds is 15. The number of nitrogens with one attached hydrogen (secondary N) is 2. The summed E-state index contributed by atoms with van der Waals surface area (Å²) in [5, 5.41) is 6.59. The third kappa shape index (κ3) is 8.68. The summed E-state index contributed by atoms with van der Waals surface area (Å²) in [4.78, 5) is 43.1. The van der Waals surface area contributed by atoms with Gasteiger partial charge in [0.05, 0.1) is 19.1 Å². The Labute approximate surface area is 233 Å². The fraction of sp³-hybridized carbons (Fsp3) is 0.219. The van der Waals surface area contributed by atoms with Gasteiger partial charge in [-0.3, -0.25) is 19.2 Å². The van der Waals surface area contributed by atoms with E-state index in [9.17, 15) is 14.4 Å². The van der Waals surface area contributed by atoms with Gasteiger partial charge in [-0.05, 0) is 42.5 Å². The number of nitrogens with zero attached hydrogens (tertiary/aromatic N) is 1. The molecule has 1 atom stereocenters. The van der Waals surface area contributed by atoms with Crippen molar-refractivity contribution in [3.8, 4) is 11.3 Å². The lowest BCUT2D eigenvalue weighted by Gasteiger charge is -2.23. The number of aryl methyl sites for hydroxylation is 1. The summed E-state index contributed by atoms with van der Waals surface area (Å²) >= 11 is 0. The van der Waals surface area contributed by atoms with E-state index in [-0.39, 0.29) is 31.5 Å². The number of hydrogen-bond donors (Lipinski definition) is 2. The second kappa shape index (κ2) is 15.0. The molecule has 1 unspecified atom stereocenters. The van der Waals surface area contributed by atoms with Gasteiger partial charge >= 0.3 is 0 Å². The van der Waals surface area contributed by atoms with Crippen LogP contribution in [0.4, 0.5) is 0 Å². The first-order chi connectivity index (χ1) is 19.6. The van der Waals surface area contributed by atoms with Crippen molar-refractivity contribution in [3.05, 3.63) is 120 Å². The summed E-state index contributed by atoms with van der Waals surface area (Å²) < 4.78 is 5.68. The third-order valence-corrected chi connectivity index (χ3v) is 6.39. The molecule has 0 saturated heterocycles. The maximum Gasteiger partial charge on any atom is 0.288 e. The Bertz CT molecular complexity index is 1340. The van der Waals surface area contributed by atoms with Crippen LogP contribution < -0.4 is 10.6 Å². The minimum Gasteiger partial charge on any atom is -0.451 e. The summed E-state index contributed by atoms with van der Waals surface area (Å²) in [7, 11) is 0. The van der Waals surface area contributed by atoms with Crippen LogP contribution in [0.3, 0.4) is 0 Å². The normalized spacial score (nSPS) is 11.4. The first-order valence-corrected chi connectivity index (χ1v) is 13.3. The molecular formula is C32H33N3O5. The molecule has 0 saturated carbocycles. The monoisotopic (exact) mass is 539 g/mol. The fourth-order valence-electron chi connectivity index (χ4n) is 4.24. The Morgan fingerprint density at radius 1 is 0.825 bits per heavy atom. The van der Waals surface area contributed by atoms with Crippen molar-refractivity contribution in [2.45, 2.75) is 25.9 Å². The standard InChI is InChI=1S/C32H33N3O5/c36-24-35(39-22-26-13-6-2-7-14-26)21-28(18-10-15-25-11-4-1-5-12-25)31(37)33-23-34-32(38)30-20-19-29(40-30)27-16-8-3-9-17-27/h1-9,11-14,16-17,19-20,24,28H,10,15,18,21-23H2,(H,33,37)(H,34,38). The van der Waals surface area contributed by atoms with E-state index in [0.29, 0.717) is 18.6 Å². The Balaban J connectivity index is 1.31. The van der Waals surface area contributed by atoms with E-state index in [2.05, 4.69) is 10.6 Å². The van der Waals surface area contributed by atoms with Gasteiger partial charge in [0.2, 0.25) is 12.3 Å². The summed E-state index contributed by atoms with van der Waals surface area (Å²) in [5.41, 5.74) is 2.95. The van der Waals surface area contributed by atoms with Gasteiger partial charge in [0.25, 0.3) is 5.91 Å². The first-order valence-electron chi connectivity index (χ1n) is 13.3. The van der Waals surface area contributed by atoms with Crippen LogP contribution >= 0.6 is 0 Å². The van der Waals surface area contributed by atoms with Crippen LogP contribution in [0.25, 0.3) is 11.3 Å². The van der Waals surface area contributed by atoms with Crippen molar-refractivity contribution >= 4 is 18.2 Å². The molecule has 0 fully saturated rings. The number of benzene rings is 3. The van der Waals surface area contributed by atoms with E-state index in [4.69, 9.17) is 9.25 Å². The molecule has 2 N–H and O–H groups in total. The molecule has 1 heterocycles. The van der Waals surface area contributed by atoms with Crippen molar-refractivity contribution in [1.82, 2.24) is 15.7 Å². The minimum absolute atomic E-state index is 0.0832. The van der Waals surface area contributed by atoms with Crippen LogP contribution in [0.1, 0.15) is 34.5 Å². The highest BCUT2D eigenvalue weighted by molar-refractivity contribution is 5.92. The lowest BCUT2D eigenvalue weighted by Crippen LogP contribution is -2.43. The molecule has 8 heteroatoms. The number of carbonyl (C=O) groups excluding carboxylic acids is 3. The fourth-order valence-corrected chi connectivity index (χ4v) is 4.24. The number of amides is 3. The molecule has 0 radical (unpaired) electrons.